The maximum atomic E-state index is 12.0. The Morgan fingerprint density at radius 2 is 2.22 bits per heavy atom. The molecule has 0 bridgehead atoms. The number of rotatable bonds is 4. The summed E-state index contributed by atoms with van der Waals surface area (Å²) in [4.78, 5) is 17.8. The maximum absolute atomic E-state index is 12.0. The van der Waals surface area contributed by atoms with Crippen LogP contribution in [0.4, 0.5) is 5.95 Å². The first-order valence-electron chi connectivity index (χ1n) is 6.61. The number of anilines is 1. The van der Waals surface area contributed by atoms with E-state index in [0.717, 1.165) is 31.8 Å². The second kappa shape index (κ2) is 5.84. The van der Waals surface area contributed by atoms with Crippen molar-refractivity contribution in [3.05, 3.63) is 6.33 Å². The van der Waals surface area contributed by atoms with Crippen LogP contribution >= 0.6 is 0 Å². The van der Waals surface area contributed by atoms with E-state index < -0.39 is 0 Å². The highest BCUT2D eigenvalue weighted by Gasteiger charge is 2.22. The van der Waals surface area contributed by atoms with Crippen molar-refractivity contribution in [1.82, 2.24) is 19.7 Å². The van der Waals surface area contributed by atoms with Gasteiger partial charge in [-0.3, -0.25) is 4.79 Å². The van der Waals surface area contributed by atoms with Crippen molar-refractivity contribution in [3.8, 4) is 0 Å². The monoisotopic (exact) mass is 251 g/mol. The second-order valence-corrected chi connectivity index (χ2v) is 4.91. The van der Waals surface area contributed by atoms with Gasteiger partial charge < -0.3 is 10.6 Å². The van der Waals surface area contributed by atoms with Crippen LogP contribution in [0.1, 0.15) is 32.6 Å². The van der Waals surface area contributed by atoms with Gasteiger partial charge in [-0.05, 0) is 18.8 Å². The highest BCUT2D eigenvalue weighted by atomic mass is 16.2. The molecule has 1 aromatic heterocycles. The number of hydrogen-bond acceptors (Lipinski definition) is 4. The van der Waals surface area contributed by atoms with Crippen LogP contribution < -0.4 is 5.73 Å². The topological polar surface area (TPSA) is 77.0 Å². The van der Waals surface area contributed by atoms with Crippen molar-refractivity contribution in [2.24, 2.45) is 5.92 Å². The van der Waals surface area contributed by atoms with Crippen molar-refractivity contribution in [2.45, 2.75) is 39.2 Å². The minimum atomic E-state index is 0.106. The van der Waals surface area contributed by atoms with E-state index in [1.54, 1.807) is 0 Å². The fraction of sp³-hybridized carbons (Fsp3) is 0.750. The third kappa shape index (κ3) is 3.21. The lowest BCUT2D eigenvalue weighted by atomic mass is 9.92. The van der Waals surface area contributed by atoms with E-state index in [-0.39, 0.29) is 18.4 Å². The van der Waals surface area contributed by atoms with Crippen molar-refractivity contribution in [2.75, 3.05) is 18.8 Å². The molecule has 0 aromatic carbocycles. The van der Waals surface area contributed by atoms with Gasteiger partial charge in [0.25, 0.3) is 0 Å². The third-order valence-corrected chi connectivity index (χ3v) is 3.52. The molecule has 6 nitrogen and oxygen atoms in total. The average molecular weight is 251 g/mol. The van der Waals surface area contributed by atoms with E-state index >= 15 is 0 Å². The molecule has 0 unspecified atom stereocenters. The molecule has 0 saturated carbocycles. The average Bonchev–Trinajstić information content (AvgIpc) is 2.76. The van der Waals surface area contributed by atoms with Crippen molar-refractivity contribution in [1.29, 1.82) is 0 Å². The van der Waals surface area contributed by atoms with Gasteiger partial charge in [0.05, 0.1) is 0 Å². The molecule has 1 amide bonds. The third-order valence-electron chi connectivity index (χ3n) is 3.52. The fourth-order valence-corrected chi connectivity index (χ4v) is 2.50. The first-order chi connectivity index (χ1) is 8.69. The van der Waals surface area contributed by atoms with Gasteiger partial charge in [0, 0.05) is 13.1 Å². The van der Waals surface area contributed by atoms with Crippen LogP contribution in [0.5, 0.6) is 0 Å². The van der Waals surface area contributed by atoms with Crippen molar-refractivity contribution in [3.63, 3.8) is 0 Å². The number of nitrogens with two attached hydrogens (primary N) is 1. The summed E-state index contributed by atoms with van der Waals surface area (Å²) in [5.41, 5.74) is 5.42. The molecule has 0 radical (unpaired) electrons. The van der Waals surface area contributed by atoms with Gasteiger partial charge in [-0.1, -0.05) is 19.8 Å². The molecular formula is C12H21N5O. The summed E-state index contributed by atoms with van der Waals surface area (Å²) in [6, 6.07) is 0. The molecule has 2 rings (SSSR count). The highest BCUT2D eigenvalue weighted by Crippen LogP contribution is 2.21. The molecule has 0 aliphatic carbocycles. The van der Waals surface area contributed by atoms with Gasteiger partial charge in [-0.25, -0.2) is 9.67 Å². The highest BCUT2D eigenvalue weighted by molar-refractivity contribution is 5.75. The number of likely N-dealkylation sites (tertiary alicyclic amines) is 1. The van der Waals surface area contributed by atoms with Crippen molar-refractivity contribution < 1.29 is 4.79 Å². The van der Waals surface area contributed by atoms with Crippen LogP contribution in [-0.4, -0.2) is 38.7 Å². The smallest absolute Gasteiger partial charge is 0.244 e. The van der Waals surface area contributed by atoms with Gasteiger partial charge >= 0.3 is 0 Å². The first-order valence-corrected chi connectivity index (χ1v) is 6.61. The largest absolute Gasteiger partial charge is 0.367 e. The summed E-state index contributed by atoms with van der Waals surface area (Å²) in [7, 11) is 0. The Balaban J connectivity index is 1.80. The zero-order valence-corrected chi connectivity index (χ0v) is 10.9. The summed E-state index contributed by atoms with van der Waals surface area (Å²) >= 11 is 0. The summed E-state index contributed by atoms with van der Waals surface area (Å²) < 4.78 is 1.50. The van der Waals surface area contributed by atoms with E-state index in [4.69, 9.17) is 5.73 Å². The lowest BCUT2D eigenvalue weighted by Gasteiger charge is -2.31. The number of carbonyl (C=O) groups excluding carboxylic acids is 1. The summed E-state index contributed by atoms with van der Waals surface area (Å²) in [6.45, 7) is 4.19. The van der Waals surface area contributed by atoms with Gasteiger partial charge in [-0.2, -0.15) is 0 Å². The summed E-state index contributed by atoms with van der Waals surface area (Å²) in [6.07, 6.45) is 6.26. The Bertz CT molecular complexity index is 395. The molecule has 0 spiro atoms. The van der Waals surface area contributed by atoms with E-state index in [1.807, 2.05) is 4.90 Å². The number of piperidine rings is 1. The van der Waals surface area contributed by atoms with Gasteiger partial charge in [0.15, 0.2) is 0 Å². The molecule has 18 heavy (non-hydrogen) atoms. The Morgan fingerprint density at radius 3 is 2.78 bits per heavy atom. The Hall–Kier alpha value is -1.59. The predicted octanol–water partition coefficient (Wildman–Crippen LogP) is 0.899. The quantitative estimate of drug-likeness (QED) is 0.862. The Kier molecular flexibility index (Phi) is 4.17. The van der Waals surface area contributed by atoms with E-state index in [0.29, 0.717) is 0 Å². The lowest BCUT2D eigenvalue weighted by Crippen LogP contribution is -2.40. The van der Waals surface area contributed by atoms with Crippen LogP contribution in [-0.2, 0) is 11.3 Å². The number of aromatic nitrogens is 3. The molecule has 1 saturated heterocycles. The molecule has 1 aromatic rings. The molecule has 0 atom stereocenters. The summed E-state index contributed by atoms with van der Waals surface area (Å²) in [5, 5.41) is 3.93. The van der Waals surface area contributed by atoms with Gasteiger partial charge in [0.1, 0.15) is 12.9 Å². The Morgan fingerprint density at radius 1 is 1.50 bits per heavy atom. The molecule has 2 N–H and O–H groups in total. The molecule has 1 aliphatic heterocycles. The molecular weight excluding hydrogens is 230 g/mol. The normalized spacial score (nSPS) is 17.1. The van der Waals surface area contributed by atoms with E-state index in [2.05, 4.69) is 17.0 Å². The predicted molar refractivity (Wildman–Crippen MR) is 68.6 cm³/mol. The number of nitrogen functional groups attached to an aromatic ring is 1. The van der Waals surface area contributed by atoms with Gasteiger partial charge in [0.2, 0.25) is 11.9 Å². The van der Waals surface area contributed by atoms with Gasteiger partial charge in [-0.15, -0.1) is 5.10 Å². The SMILES string of the molecule is CCCC1CCN(C(=O)Cn2cnc(N)n2)CC1. The molecule has 100 valence electrons. The fourth-order valence-electron chi connectivity index (χ4n) is 2.50. The van der Waals surface area contributed by atoms with E-state index in [1.165, 1.54) is 23.9 Å². The minimum absolute atomic E-state index is 0.106. The van der Waals surface area contributed by atoms with Crippen LogP contribution in [0.25, 0.3) is 0 Å². The number of nitrogens with zero attached hydrogens (tertiary/aromatic N) is 4. The van der Waals surface area contributed by atoms with Crippen LogP contribution in [0.2, 0.25) is 0 Å². The molecule has 6 heteroatoms. The van der Waals surface area contributed by atoms with Crippen LogP contribution in [0.15, 0.2) is 6.33 Å². The number of amides is 1. The molecule has 1 fully saturated rings. The molecule has 2 heterocycles. The molecule has 1 aliphatic rings. The van der Waals surface area contributed by atoms with Crippen LogP contribution in [0, 0.1) is 5.92 Å². The minimum Gasteiger partial charge on any atom is -0.367 e. The maximum Gasteiger partial charge on any atom is 0.244 e. The summed E-state index contributed by atoms with van der Waals surface area (Å²) in [5.74, 6) is 1.11. The first kappa shape index (κ1) is 12.9. The van der Waals surface area contributed by atoms with Crippen molar-refractivity contribution >= 4 is 11.9 Å². The number of carbonyl (C=O) groups is 1. The second-order valence-electron chi connectivity index (χ2n) is 4.91. The zero-order chi connectivity index (χ0) is 13.0. The van der Waals surface area contributed by atoms with E-state index in [9.17, 15) is 4.79 Å². The Labute approximate surface area is 107 Å². The van der Waals surface area contributed by atoms with Crippen LogP contribution in [0.3, 0.4) is 0 Å². The lowest BCUT2D eigenvalue weighted by molar-refractivity contribution is -0.133. The number of hydrogen-bond donors (Lipinski definition) is 1. The zero-order valence-electron chi connectivity index (χ0n) is 10.9. The standard InChI is InChI=1S/C12H21N5O/c1-2-3-10-4-6-16(7-5-10)11(18)8-17-9-14-12(13)15-17/h9-10H,2-8H2,1H3,(H2,13,15).